The van der Waals surface area contributed by atoms with Crippen molar-refractivity contribution in [2.24, 2.45) is 0 Å². The summed E-state index contributed by atoms with van der Waals surface area (Å²) in [6.07, 6.45) is -5.11. The Hall–Kier alpha value is -1.32. The monoisotopic (exact) mass is 311 g/mol. The standard InChI is InChI=1S/C11H12F3NO4S/c1-6-2-8(11(12,13)14)10(20(16,17)18)3-9(6)19-7-4-15-5-7/h2-3,7,15H,4-5H2,1H3,(H,16,17,18). The van der Waals surface area contributed by atoms with E-state index < -0.39 is 26.8 Å². The number of aryl methyl sites for hydroxylation is 1. The minimum Gasteiger partial charge on any atom is -0.487 e. The summed E-state index contributed by atoms with van der Waals surface area (Å²) in [6, 6.07) is 1.37. The van der Waals surface area contributed by atoms with Crippen LogP contribution in [0.15, 0.2) is 17.0 Å². The molecule has 5 nitrogen and oxygen atoms in total. The van der Waals surface area contributed by atoms with Crippen molar-refractivity contribution in [2.45, 2.75) is 24.1 Å². The number of ether oxygens (including phenoxy) is 1. The zero-order valence-electron chi connectivity index (χ0n) is 10.4. The highest BCUT2D eigenvalue weighted by Gasteiger charge is 2.38. The van der Waals surface area contributed by atoms with Gasteiger partial charge in [-0.05, 0) is 18.6 Å². The molecule has 0 amide bonds. The Bertz CT molecular complexity index is 623. The molecule has 0 spiro atoms. The second-order valence-corrected chi connectivity index (χ2v) is 5.87. The van der Waals surface area contributed by atoms with E-state index in [1.54, 1.807) is 0 Å². The lowest BCUT2D eigenvalue weighted by Crippen LogP contribution is -2.50. The van der Waals surface area contributed by atoms with E-state index in [4.69, 9.17) is 9.29 Å². The molecule has 0 unspecified atom stereocenters. The number of rotatable bonds is 3. The molecule has 2 rings (SSSR count). The minimum atomic E-state index is -5.00. The summed E-state index contributed by atoms with van der Waals surface area (Å²) in [5, 5.41) is 2.91. The molecule has 1 heterocycles. The van der Waals surface area contributed by atoms with E-state index in [1.165, 1.54) is 6.92 Å². The maximum atomic E-state index is 12.8. The lowest BCUT2D eigenvalue weighted by atomic mass is 10.1. The van der Waals surface area contributed by atoms with Gasteiger partial charge in [-0.25, -0.2) is 0 Å². The minimum absolute atomic E-state index is 0.0112. The van der Waals surface area contributed by atoms with Crippen LogP contribution >= 0.6 is 0 Å². The lowest BCUT2D eigenvalue weighted by molar-refractivity contribution is -0.140. The van der Waals surface area contributed by atoms with Crippen LogP contribution in [0, 0.1) is 6.92 Å². The number of hydrogen-bond donors (Lipinski definition) is 2. The Labute approximate surface area is 113 Å². The molecule has 2 N–H and O–H groups in total. The smallest absolute Gasteiger partial charge is 0.417 e. The van der Waals surface area contributed by atoms with Gasteiger partial charge in [-0.15, -0.1) is 0 Å². The first-order valence-corrected chi connectivity index (χ1v) is 7.10. The predicted molar refractivity (Wildman–Crippen MR) is 63.3 cm³/mol. The summed E-state index contributed by atoms with van der Waals surface area (Å²) >= 11 is 0. The molecular formula is C11H12F3NO4S. The van der Waals surface area contributed by atoms with Crippen molar-refractivity contribution in [1.29, 1.82) is 0 Å². The Morgan fingerprint density at radius 3 is 2.35 bits per heavy atom. The topological polar surface area (TPSA) is 75.6 Å². The van der Waals surface area contributed by atoms with Crippen molar-refractivity contribution < 1.29 is 30.9 Å². The Kier molecular flexibility index (Phi) is 3.69. The molecule has 1 saturated heterocycles. The van der Waals surface area contributed by atoms with Gasteiger partial charge in [0.05, 0.1) is 5.56 Å². The molecule has 0 atom stereocenters. The van der Waals surface area contributed by atoms with E-state index in [0.29, 0.717) is 25.2 Å². The molecule has 0 radical (unpaired) electrons. The number of halogens is 3. The maximum Gasteiger partial charge on any atom is 0.417 e. The third kappa shape index (κ3) is 3.05. The fraction of sp³-hybridized carbons (Fsp3) is 0.455. The van der Waals surface area contributed by atoms with Crippen LogP contribution in [0.3, 0.4) is 0 Å². The molecule has 9 heteroatoms. The van der Waals surface area contributed by atoms with E-state index in [9.17, 15) is 21.6 Å². The third-order valence-corrected chi connectivity index (χ3v) is 3.79. The van der Waals surface area contributed by atoms with Gasteiger partial charge in [0.2, 0.25) is 0 Å². The first kappa shape index (κ1) is 15.1. The van der Waals surface area contributed by atoms with Crippen LogP contribution in [0.5, 0.6) is 5.75 Å². The predicted octanol–water partition coefficient (Wildman–Crippen LogP) is 1.61. The molecule has 112 valence electrons. The SMILES string of the molecule is Cc1cc(C(F)(F)F)c(S(=O)(=O)O)cc1OC1CNC1. The summed E-state index contributed by atoms with van der Waals surface area (Å²) in [6.45, 7) is 2.44. The van der Waals surface area contributed by atoms with E-state index in [-0.39, 0.29) is 17.4 Å². The quantitative estimate of drug-likeness (QED) is 0.830. The summed E-state index contributed by atoms with van der Waals surface area (Å²) in [4.78, 5) is -1.20. The molecule has 0 aliphatic carbocycles. The van der Waals surface area contributed by atoms with Crippen molar-refractivity contribution in [3.8, 4) is 5.75 Å². The summed E-state index contributed by atoms with van der Waals surface area (Å²) in [5.41, 5.74) is -1.26. The van der Waals surface area contributed by atoms with Gasteiger partial charge < -0.3 is 10.1 Å². The average molecular weight is 311 g/mol. The molecular weight excluding hydrogens is 299 g/mol. The van der Waals surface area contributed by atoms with Crippen molar-refractivity contribution in [2.75, 3.05) is 13.1 Å². The summed E-state index contributed by atoms with van der Waals surface area (Å²) < 4.78 is 75.0. The lowest BCUT2D eigenvalue weighted by Gasteiger charge is -2.29. The van der Waals surface area contributed by atoms with Crippen molar-refractivity contribution in [3.63, 3.8) is 0 Å². The molecule has 20 heavy (non-hydrogen) atoms. The Morgan fingerprint density at radius 2 is 1.95 bits per heavy atom. The fourth-order valence-corrected chi connectivity index (χ4v) is 2.46. The summed E-state index contributed by atoms with van der Waals surface area (Å²) in [5.74, 6) is 0.0112. The van der Waals surface area contributed by atoms with Gasteiger partial charge in [-0.2, -0.15) is 21.6 Å². The van der Waals surface area contributed by atoms with Gasteiger partial charge in [0.1, 0.15) is 16.7 Å². The molecule has 1 aromatic carbocycles. The van der Waals surface area contributed by atoms with Crippen molar-refractivity contribution in [3.05, 3.63) is 23.3 Å². The molecule has 1 aromatic rings. The molecule has 0 bridgehead atoms. The number of nitrogens with one attached hydrogen (secondary N) is 1. The van der Waals surface area contributed by atoms with Crippen LogP contribution in [-0.2, 0) is 16.3 Å². The zero-order valence-corrected chi connectivity index (χ0v) is 11.2. The Morgan fingerprint density at radius 1 is 1.35 bits per heavy atom. The van der Waals surface area contributed by atoms with E-state index in [1.807, 2.05) is 0 Å². The first-order valence-electron chi connectivity index (χ1n) is 5.66. The summed E-state index contributed by atoms with van der Waals surface area (Å²) in [7, 11) is -5.00. The van der Waals surface area contributed by atoms with E-state index in [2.05, 4.69) is 5.32 Å². The molecule has 0 saturated carbocycles. The van der Waals surface area contributed by atoms with Crippen molar-refractivity contribution in [1.82, 2.24) is 5.32 Å². The van der Waals surface area contributed by atoms with Crippen LogP contribution in [0.1, 0.15) is 11.1 Å². The highest BCUT2D eigenvalue weighted by atomic mass is 32.2. The molecule has 1 aliphatic heterocycles. The van der Waals surface area contributed by atoms with Gasteiger partial charge in [0.15, 0.2) is 0 Å². The number of alkyl halides is 3. The third-order valence-electron chi connectivity index (χ3n) is 2.90. The zero-order chi connectivity index (χ0) is 15.1. The Balaban J connectivity index is 2.52. The number of hydrogen-bond acceptors (Lipinski definition) is 4. The van der Waals surface area contributed by atoms with Gasteiger partial charge in [-0.3, -0.25) is 4.55 Å². The van der Waals surface area contributed by atoms with Crippen LogP contribution < -0.4 is 10.1 Å². The highest BCUT2D eigenvalue weighted by Crippen LogP contribution is 2.38. The average Bonchev–Trinajstić information content (AvgIpc) is 2.21. The van der Waals surface area contributed by atoms with Gasteiger partial charge in [0.25, 0.3) is 10.1 Å². The maximum absolute atomic E-state index is 12.8. The molecule has 1 aliphatic rings. The highest BCUT2D eigenvalue weighted by molar-refractivity contribution is 7.85. The van der Waals surface area contributed by atoms with Gasteiger partial charge >= 0.3 is 6.18 Å². The normalized spacial score (nSPS) is 16.9. The van der Waals surface area contributed by atoms with Crippen molar-refractivity contribution >= 4 is 10.1 Å². The van der Waals surface area contributed by atoms with Crippen LogP contribution in [-0.4, -0.2) is 32.2 Å². The first-order chi connectivity index (χ1) is 9.09. The van der Waals surface area contributed by atoms with E-state index >= 15 is 0 Å². The largest absolute Gasteiger partial charge is 0.487 e. The van der Waals surface area contributed by atoms with Crippen LogP contribution in [0.4, 0.5) is 13.2 Å². The van der Waals surface area contributed by atoms with Crippen LogP contribution in [0.25, 0.3) is 0 Å². The second kappa shape index (κ2) is 4.90. The molecule has 0 aromatic heterocycles. The van der Waals surface area contributed by atoms with Gasteiger partial charge in [-0.1, -0.05) is 0 Å². The number of benzene rings is 1. The van der Waals surface area contributed by atoms with Crippen LogP contribution in [0.2, 0.25) is 0 Å². The molecule has 1 fully saturated rings. The second-order valence-electron chi connectivity index (χ2n) is 4.48. The fourth-order valence-electron chi connectivity index (χ4n) is 1.76. The van der Waals surface area contributed by atoms with Gasteiger partial charge in [0, 0.05) is 19.2 Å². The van der Waals surface area contributed by atoms with E-state index in [0.717, 1.165) is 0 Å².